The van der Waals surface area contributed by atoms with E-state index in [2.05, 4.69) is 19.2 Å². The van der Waals surface area contributed by atoms with Gasteiger partial charge < -0.3 is 5.32 Å². The van der Waals surface area contributed by atoms with Crippen LogP contribution in [0.2, 0.25) is 5.02 Å². The Morgan fingerprint density at radius 3 is 2.71 bits per heavy atom. The number of halogens is 1. The number of benzene rings is 1. The van der Waals surface area contributed by atoms with Gasteiger partial charge in [0.2, 0.25) is 0 Å². The average molecular weight is 311 g/mol. The Bertz CT molecular complexity index is 562. The lowest BCUT2D eigenvalue weighted by atomic mass is 9.78. The van der Waals surface area contributed by atoms with E-state index >= 15 is 0 Å². The molecule has 0 radical (unpaired) electrons. The zero-order valence-electron chi connectivity index (χ0n) is 12.1. The molecule has 5 nitrogen and oxygen atoms in total. The Balaban J connectivity index is 2.11. The van der Waals surface area contributed by atoms with E-state index < -0.39 is 4.92 Å². The first-order valence-corrected chi connectivity index (χ1v) is 7.52. The predicted octanol–water partition coefficient (Wildman–Crippen LogP) is 3.80. The lowest BCUT2D eigenvalue weighted by molar-refractivity contribution is -0.384. The van der Waals surface area contributed by atoms with Crippen LogP contribution in [0.15, 0.2) is 18.2 Å². The van der Waals surface area contributed by atoms with Gasteiger partial charge in [-0.3, -0.25) is 14.9 Å². The summed E-state index contributed by atoms with van der Waals surface area (Å²) < 4.78 is 0. The van der Waals surface area contributed by atoms with Gasteiger partial charge in [-0.2, -0.15) is 0 Å². The topological polar surface area (TPSA) is 72.2 Å². The van der Waals surface area contributed by atoms with E-state index in [9.17, 15) is 14.9 Å². The van der Waals surface area contributed by atoms with Crippen LogP contribution in [0, 0.1) is 22.0 Å². The minimum absolute atomic E-state index is 0.109. The van der Waals surface area contributed by atoms with Crippen LogP contribution in [0.25, 0.3) is 0 Å². The van der Waals surface area contributed by atoms with Gasteiger partial charge in [-0.1, -0.05) is 38.3 Å². The maximum absolute atomic E-state index is 12.3. The molecule has 1 saturated carbocycles. The molecule has 0 saturated heterocycles. The SMILES string of the molecule is CC1CCCC(NC(=O)c2ccc([N+](=O)[O-])cc2Cl)C1C. The minimum Gasteiger partial charge on any atom is -0.349 e. The number of hydrogen-bond donors (Lipinski definition) is 1. The van der Waals surface area contributed by atoms with Gasteiger partial charge in [-0.15, -0.1) is 0 Å². The number of nitro benzene ring substituents is 1. The molecule has 1 aliphatic rings. The summed E-state index contributed by atoms with van der Waals surface area (Å²) in [6.07, 6.45) is 3.25. The van der Waals surface area contributed by atoms with Gasteiger partial charge in [0, 0.05) is 18.2 Å². The van der Waals surface area contributed by atoms with Crippen molar-refractivity contribution in [3.8, 4) is 0 Å². The molecule has 1 amide bonds. The lowest BCUT2D eigenvalue weighted by Crippen LogP contribution is -2.43. The number of amides is 1. The largest absolute Gasteiger partial charge is 0.349 e. The highest BCUT2D eigenvalue weighted by Gasteiger charge is 2.29. The highest BCUT2D eigenvalue weighted by Crippen LogP contribution is 2.30. The van der Waals surface area contributed by atoms with E-state index in [1.165, 1.54) is 24.6 Å². The van der Waals surface area contributed by atoms with E-state index in [1.54, 1.807) is 0 Å². The normalized spacial score (nSPS) is 25.4. The molecule has 21 heavy (non-hydrogen) atoms. The van der Waals surface area contributed by atoms with Crippen LogP contribution < -0.4 is 5.32 Å². The molecule has 1 aromatic carbocycles. The highest BCUT2D eigenvalue weighted by molar-refractivity contribution is 6.34. The quantitative estimate of drug-likeness (QED) is 0.681. The summed E-state index contributed by atoms with van der Waals surface area (Å²) in [6, 6.07) is 4.05. The summed E-state index contributed by atoms with van der Waals surface area (Å²) in [5.41, 5.74) is 0.170. The molecule has 0 aromatic heterocycles. The molecular weight excluding hydrogens is 292 g/mol. The van der Waals surface area contributed by atoms with Crippen molar-refractivity contribution in [2.24, 2.45) is 11.8 Å². The van der Waals surface area contributed by atoms with Gasteiger partial charge in [0.1, 0.15) is 0 Å². The molecule has 1 fully saturated rings. The van der Waals surface area contributed by atoms with E-state index in [4.69, 9.17) is 11.6 Å². The van der Waals surface area contributed by atoms with Crippen molar-refractivity contribution in [1.82, 2.24) is 5.32 Å². The van der Waals surface area contributed by atoms with Gasteiger partial charge in [0.15, 0.2) is 0 Å². The van der Waals surface area contributed by atoms with E-state index in [0.29, 0.717) is 11.8 Å². The third-order valence-electron chi connectivity index (χ3n) is 4.43. The molecule has 1 aliphatic carbocycles. The van der Waals surface area contributed by atoms with Gasteiger partial charge in [0.05, 0.1) is 15.5 Å². The predicted molar refractivity (Wildman–Crippen MR) is 81.5 cm³/mol. The zero-order chi connectivity index (χ0) is 15.6. The lowest BCUT2D eigenvalue weighted by Gasteiger charge is -2.34. The molecule has 3 atom stereocenters. The molecule has 1 aromatic rings. The van der Waals surface area contributed by atoms with E-state index in [1.807, 2.05) is 0 Å². The van der Waals surface area contributed by atoms with Crippen LogP contribution in [0.3, 0.4) is 0 Å². The second kappa shape index (κ2) is 6.43. The van der Waals surface area contributed by atoms with Crippen molar-refractivity contribution < 1.29 is 9.72 Å². The fourth-order valence-electron chi connectivity index (χ4n) is 2.83. The second-order valence-electron chi connectivity index (χ2n) is 5.77. The van der Waals surface area contributed by atoms with E-state index in [-0.39, 0.29) is 28.2 Å². The zero-order valence-corrected chi connectivity index (χ0v) is 12.9. The third-order valence-corrected chi connectivity index (χ3v) is 4.74. The van der Waals surface area contributed by atoms with E-state index in [0.717, 1.165) is 12.8 Å². The van der Waals surface area contributed by atoms with Crippen molar-refractivity contribution in [2.45, 2.75) is 39.2 Å². The molecule has 0 heterocycles. The summed E-state index contributed by atoms with van der Waals surface area (Å²) in [5.74, 6) is 0.733. The van der Waals surface area contributed by atoms with Crippen LogP contribution >= 0.6 is 11.6 Å². The van der Waals surface area contributed by atoms with Gasteiger partial charge >= 0.3 is 0 Å². The van der Waals surface area contributed by atoms with Crippen LogP contribution in [-0.2, 0) is 0 Å². The van der Waals surface area contributed by atoms with Crippen molar-refractivity contribution in [3.05, 3.63) is 38.9 Å². The molecule has 6 heteroatoms. The van der Waals surface area contributed by atoms with Crippen LogP contribution in [0.1, 0.15) is 43.5 Å². The molecule has 3 unspecified atom stereocenters. The standard InChI is InChI=1S/C15H19ClN2O3/c1-9-4-3-5-14(10(9)2)17-15(19)12-7-6-11(18(20)21)8-13(12)16/h6-10,14H,3-5H2,1-2H3,(H,17,19). The smallest absolute Gasteiger partial charge is 0.270 e. The van der Waals surface area contributed by atoms with Crippen molar-refractivity contribution >= 4 is 23.2 Å². The molecule has 1 N–H and O–H groups in total. The number of rotatable bonds is 3. The summed E-state index contributed by atoms with van der Waals surface area (Å²) in [4.78, 5) is 22.4. The number of non-ortho nitro benzene ring substituents is 1. The Hall–Kier alpha value is -1.62. The maximum Gasteiger partial charge on any atom is 0.270 e. The first-order chi connectivity index (χ1) is 9.90. The number of nitrogens with one attached hydrogen (secondary N) is 1. The highest BCUT2D eigenvalue weighted by atomic mass is 35.5. The summed E-state index contributed by atoms with van der Waals surface area (Å²) >= 11 is 5.99. The maximum atomic E-state index is 12.3. The molecule has 0 bridgehead atoms. The first kappa shape index (κ1) is 15.8. The fourth-order valence-corrected chi connectivity index (χ4v) is 3.09. The van der Waals surface area contributed by atoms with Crippen LogP contribution in [0.5, 0.6) is 0 Å². The van der Waals surface area contributed by atoms with Crippen molar-refractivity contribution in [2.75, 3.05) is 0 Å². The average Bonchev–Trinajstić information content (AvgIpc) is 2.43. The number of hydrogen-bond acceptors (Lipinski definition) is 3. The van der Waals surface area contributed by atoms with Gasteiger partial charge in [-0.05, 0) is 24.3 Å². The number of carbonyl (C=O) groups is 1. The van der Waals surface area contributed by atoms with Crippen molar-refractivity contribution in [3.63, 3.8) is 0 Å². The third kappa shape index (κ3) is 3.53. The summed E-state index contributed by atoms with van der Waals surface area (Å²) in [7, 11) is 0. The van der Waals surface area contributed by atoms with Gasteiger partial charge in [-0.25, -0.2) is 0 Å². The number of carbonyl (C=O) groups excluding carboxylic acids is 1. The Morgan fingerprint density at radius 1 is 1.38 bits per heavy atom. The second-order valence-corrected chi connectivity index (χ2v) is 6.18. The number of nitrogens with zero attached hydrogens (tertiary/aromatic N) is 1. The monoisotopic (exact) mass is 310 g/mol. The summed E-state index contributed by atoms with van der Waals surface area (Å²) in [5, 5.41) is 13.8. The Labute approximate surface area is 128 Å². The summed E-state index contributed by atoms with van der Waals surface area (Å²) in [6.45, 7) is 4.34. The van der Waals surface area contributed by atoms with Crippen LogP contribution in [-0.4, -0.2) is 16.9 Å². The molecular formula is C15H19ClN2O3. The van der Waals surface area contributed by atoms with Crippen LogP contribution in [0.4, 0.5) is 5.69 Å². The van der Waals surface area contributed by atoms with Gasteiger partial charge in [0.25, 0.3) is 11.6 Å². The molecule has 0 spiro atoms. The molecule has 114 valence electrons. The minimum atomic E-state index is -0.529. The molecule has 2 rings (SSSR count). The Kier molecular flexibility index (Phi) is 4.83. The molecule has 0 aliphatic heterocycles. The Morgan fingerprint density at radius 2 is 2.10 bits per heavy atom. The first-order valence-electron chi connectivity index (χ1n) is 7.15. The number of nitro groups is 1. The van der Waals surface area contributed by atoms with Crippen molar-refractivity contribution in [1.29, 1.82) is 0 Å². The fraction of sp³-hybridized carbons (Fsp3) is 0.533.